The second kappa shape index (κ2) is 18.1. The summed E-state index contributed by atoms with van der Waals surface area (Å²) in [5, 5.41) is 4.57. The second-order valence-corrected chi connectivity index (χ2v) is 9.77. The molecule has 3 amide bonds. The summed E-state index contributed by atoms with van der Waals surface area (Å²) in [5.41, 5.74) is -2.96. The number of terminal acetylenes is 1. The Hall–Kier alpha value is -5.11. The molecule has 47 heavy (non-hydrogen) atoms. The monoisotopic (exact) mass is 683 g/mol. The van der Waals surface area contributed by atoms with Gasteiger partial charge in [-0.15, -0.1) is 17.2 Å². The van der Waals surface area contributed by atoms with E-state index in [9.17, 15) is 35.9 Å². The number of urea groups is 1. The minimum atomic E-state index is -5.03. The van der Waals surface area contributed by atoms with Crippen LogP contribution in [0.4, 0.5) is 48.5 Å². The van der Waals surface area contributed by atoms with Gasteiger partial charge in [-0.05, 0) is 49.7 Å². The molecule has 0 bridgehead atoms. The summed E-state index contributed by atoms with van der Waals surface area (Å²) in [6.07, 6.45) is 7.94. The van der Waals surface area contributed by atoms with Crippen LogP contribution in [0, 0.1) is 12.8 Å². The fourth-order valence-corrected chi connectivity index (χ4v) is 4.41. The highest BCUT2D eigenvalue weighted by Gasteiger charge is 2.37. The minimum Gasteiger partial charge on any atom is -0.470 e. The van der Waals surface area contributed by atoms with Gasteiger partial charge in [0.1, 0.15) is 12.4 Å². The summed E-state index contributed by atoms with van der Waals surface area (Å²) in [5.74, 6) is 1.01. The maximum atomic E-state index is 13.1. The zero-order valence-corrected chi connectivity index (χ0v) is 26.0. The topological polar surface area (TPSA) is 113 Å². The molecule has 3 heterocycles. The Morgan fingerprint density at radius 1 is 0.957 bits per heavy atom. The van der Waals surface area contributed by atoms with Crippen molar-refractivity contribution in [2.24, 2.45) is 0 Å². The van der Waals surface area contributed by atoms with Gasteiger partial charge >= 0.3 is 18.4 Å². The van der Waals surface area contributed by atoms with E-state index in [1.807, 2.05) is 38.2 Å². The molecule has 1 saturated heterocycles. The van der Waals surface area contributed by atoms with Crippen LogP contribution in [-0.4, -0.2) is 57.3 Å². The highest BCUT2D eigenvalue weighted by Crippen LogP contribution is 2.37. The van der Waals surface area contributed by atoms with Gasteiger partial charge in [-0.25, -0.2) is 9.78 Å². The summed E-state index contributed by atoms with van der Waals surface area (Å²) in [6.45, 7) is 4.84. The summed E-state index contributed by atoms with van der Waals surface area (Å²) in [4.78, 5) is 30.3. The molecule has 0 radical (unpaired) electrons. The van der Waals surface area contributed by atoms with Gasteiger partial charge in [0.25, 0.3) is 5.88 Å². The minimum absolute atomic E-state index is 0.00827. The van der Waals surface area contributed by atoms with Crippen LogP contribution >= 0.6 is 11.7 Å². The fraction of sp³-hybridized carbons (Fsp3) is 0.300. The van der Waals surface area contributed by atoms with Gasteiger partial charge in [0.2, 0.25) is 12.2 Å². The lowest BCUT2D eigenvalue weighted by Gasteiger charge is -2.34. The van der Waals surface area contributed by atoms with Crippen LogP contribution in [0.1, 0.15) is 30.5 Å². The maximum Gasteiger partial charge on any atom is 0.416 e. The lowest BCUT2D eigenvalue weighted by atomic mass is 10.1. The van der Waals surface area contributed by atoms with E-state index in [1.54, 1.807) is 17.0 Å². The lowest BCUT2D eigenvalue weighted by Crippen LogP contribution is -2.50. The van der Waals surface area contributed by atoms with Crippen LogP contribution in [-0.2, 0) is 23.8 Å². The Labute approximate surface area is 271 Å². The van der Waals surface area contributed by atoms with E-state index < -0.39 is 35.2 Å². The summed E-state index contributed by atoms with van der Waals surface area (Å²) >= 11 is 0.907. The molecule has 0 unspecified atom stereocenters. The number of alkyl halides is 6. The third-order valence-corrected chi connectivity index (χ3v) is 6.55. The van der Waals surface area contributed by atoms with Crippen molar-refractivity contribution in [2.45, 2.75) is 32.8 Å². The standard InChI is InChI=1S/C22H19F6N7O3S.C6H10.C2H2/c23-21(24,25)14-8-15(22(26,27)28)10-16(9-14)31-20(37)35-5-3-34(4-6-35)18-19(33-39-32-18)38-11-13-1-2-29-17(7-13)30-12-36;1-3-5-6-4-2;1-2/h1-2,7-10,12H,3-6,11H2,(H,31,37)(H,29,30,36);3-6H,1-2H3;1-2H/b;5-3-,6-4-;. The average Bonchev–Trinajstić information content (AvgIpc) is 3.52. The van der Waals surface area contributed by atoms with Crippen molar-refractivity contribution in [2.75, 3.05) is 41.7 Å². The molecule has 1 aliphatic heterocycles. The molecule has 4 rings (SSSR count). The molecule has 2 aromatic heterocycles. The predicted octanol–water partition coefficient (Wildman–Crippen LogP) is 6.86. The molecular formula is C30H31F6N7O3S. The molecule has 2 N–H and O–H groups in total. The van der Waals surface area contributed by atoms with Crippen LogP contribution < -0.4 is 20.3 Å². The number of nitrogens with one attached hydrogen (secondary N) is 2. The molecule has 0 saturated carbocycles. The quantitative estimate of drug-likeness (QED) is 0.116. The Morgan fingerprint density at radius 3 is 2.09 bits per heavy atom. The fourth-order valence-electron chi connectivity index (χ4n) is 3.89. The number of aromatic nitrogens is 3. The van der Waals surface area contributed by atoms with E-state index in [0.717, 1.165) is 11.7 Å². The molecule has 1 aliphatic rings. The Balaban J connectivity index is 0.000000863. The molecule has 0 aliphatic carbocycles. The Morgan fingerprint density at radius 2 is 1.55 bits per heavy atom. The number of pyridine rings is 1. The normalized spacial score (nSPS) is 13.3. The molecule has 10 nitrogen and oxygen atoms in total. The van der Waals surface area contributed by atoms with Crippen LogP contribution in [0.5, 0.6) is 5.88 Å². The van der Waals surface area contributed by atoms with E-state index in [2.05, 4.69) is 37.2 Å². The number of ether oxygens (including phenoxy) is 1. The van der Waals surface area contributed by atoms with E-state index in [4.69, 9.17) is 4.74 Å². The number of allylic oxidation sites excluding steroid dienone is 4. The molecule has 17 heteroatoms. The van der Waals surface area contributed by atoms with E-state index in [0.29, 0.717) is 35.7 Å². The van der Waals surface area contributed by atoms with Crippen molar-refractivity contribution in [3.8, 4) is 18.7 Å². The summed E-state index contributed by atoms with van der Waals surface area (Å²) in [7, 11) is 0. The molecule has 3 aromatic rings. The lowest BCUT2D eigenvalue weighted by molar-refractivity contribution is -0.143. The number of halogens is 6. The van der Waals surface area contributed by atoms with E-state index in [1.165, 1.54) is 11.1 Å². The van der Waals surface area contributed by atoms with Gasteiger partial charge in [-0.1, -0.05) is 24.3 Å². The van der Waals surface area contributed by atoms with Crippen LogP contribution in [0.15, 0.2) is 60.8 Å². The van der Waals surface area contributed by atoms with E-state index in [-0.39, 0.29) is 44.7 Å². The number of benzene rings is 1. The zero-order valence-electron chi connectivity index (χ0n) is 25.2. The first-order chi connectivity index (χ1) is 22.3. The number of anilines is 3. The first kappa shape index (κ1) is 38.1. The summed E-state index contributed by atoms with van der Waals surface area (Å²) < 4.78 is 92.7. The SMILES string of the molecule is C#C.C/C=C\C=C/C.O=CNc1cc(COc2nsnc2N2CCN(C(=O)Nc3cc(C(F)(F)F)cc(C(F)(F)F)c3)CC2)ccn1. The van der Waals surface area contributed by atoms with Crippen molar-refractivity contribution in [3.05, 3.63) is 77.5 Å². The van der Waals surface area contributed by atoms with Crippen LogP contribution in [0.2, 0.25) is 0 Å². The summed E-state index contributed by atoms with van der Waals surface area (Å²) in [6, 6.07) is 3.37. The van der Waals surface area contributed by atoms with Gasteiger partial charge in [0.05, 0.1) is 22.9 Å². The third-order valence-electron chi connectivity index (χ3n) is 6.05. The number of carbonyl (C=O) groups is 2. The average molecular weight is 684 g/mol. The van der Waals surface area contributed by atoms with Gasteiger partial charge in [-0.3, -0.25) is 4.79 Å². The highest BCUT2D eigenvalue weighted by molar-refractivity contribution is 6.99. The van der Waals surface area contributed by atoms with Gasteiger partial charge in [0, 0.05) is 38.1 Å². The van der Waals surface area contributed by atoms with Crippen LogP contribution in [0.25, 0.3) is 0 Å². The molecule has 1 aromatic carbocycles. The van der Waals surface area contributed by atoms with Crippen molar-refractivity contribution < 1.29 is 40.7 Å². The largest absolute Gasteiger partial charge is 0.470 e. The zero-order chi connectivity index (χ0) is 35.0. The van der Waals surface area contributed by atoms with Crippen molar-refractivity contribution in [1.82, 2.24) is 18.6 Å². The van der Waals surface area contributed by atoms with E-state index >= 15 is 0 Å². The van der Waals surface area contributed by atoms with Crippen molar-refractivity contribution in [3.63, 3.8) is 0 Å². The van der Waals surface area contributed by atoms with Crippen molar-refractivity contribution in [1.29, 1.82) is 0 Å². The smallest absolute Gasteiger partial charge is 0.416 e. The number of hydrogen-bond donors (Lipinski definition) is 2. The predicted molar refractivity (Wildman–Crippen MR) is 167 cm³/mol. The maximum absolute atomic E-state index is 13.1. The first-order valence-electron chi connectivity index (χ1n) is 13.6. The number of piperazine rings is 1. The molecule has 252 valence electrons. The molecule has 0 atom stereocenters. The third kappa shape index (κ3) is 12.0. The Bertz CT molecular complexity index is 1490. The number of amides is 3. The number of nitrogens with zero attached hydrogens (tertiary/aromatic N) is 5. The second-order valence-electron chi connectivity index (χ2n) is 9.24. The van der Waals surface area contributed by atoms with Gasteiger partial charge in [-0.2, -0.15) is 30.7 Å². The molecule has 1 fully saturated rings. The molecular weight excluding hydrogens is 652 g/mol. The highest BCUT2D eigenvalue weighted by atomic mass is 32.1. The Kier molecular flexibility index (Phi) is 14.7. The first-order valence-corrected chi connectivity index (χ1v) is 14.4. The molecule has 0 spiro atoms. The van der Waals surface area contributed by atoms with Gasteiger partial charge < -0.3 is 25.2 Å². The number of hydrogen-bond acceptors (Lipinski definition) is 8. The number of carbonyl (C=O) groups excluding carboxylic acids is 2. The van der Waals surface area contributed by atoms with Gasteiger partial charge in [0.15, 0.2) is 0 Å². The number of rotatable bonds is 8. The van der Waals surface area contributed by atoms with Crippen molar-refractivity contribution >= 4 is 41.5 Å². The van der Waals surface area contributed by atoms with Crippen LogP contribution in [0.3, 0.4) is 0 Å².